The van der Waals surface area contributed by atoms with Crippen LogP contribution in [0, 0.1) is 26.6 Å². The van der Waals surface area contributed by atoms with E-state index >= 15 is 0 Å². The number of aromatic nitrogens is 1. The highest BCUT2D eigenvalue weighted by Crippen LogP contribution is 2.29. The van der Waals surface area contributed by atoms with Crippen LogP contribution in [0.15, 0.2) is 51.9 Å². The highest BCUT2D eigenvalue weighted by Gasteiger charge is 2.22. The lowest BCUT2D eigenvalue weighted by atomic mass is 10.2. The Balaban J connectivity index is 1.65. The number of esters is 1. The third kappa shape index (κ3) is 5.52. The van der Waals surface area contributed by atoms with Crippen LogP contribution in [-0.2, 0) is 15.3 Å². The van der Waals surface area contributed by atoms with Crippen LogP contribution in [-0.4, -0.2) is 23.1 Å². The summed E-state index contributed by atoms with van der Waals surface area (Å²) in [5.41, 5.74) is 2.92. The first-order chi connectivity index (χ1) is 14.8. The molecule has 0 saturated carbocycles. The van der Waals surface area contributed by atoms with Crippen LogP contribution < -0.4 is 5.32 Å². The van der Waals surface area contributed by atoms with E-state index in [4.69, 9.17) is 9.26 Å². The van der Waals surface area contributed by atoms with Crippen molar-refractivity contribution >= 4 is 29.3 Å². The summed E-state index contributed by atoms with van der Waals surface area (Å²) in [6.45, 7) is 6.81. The first-order valence-corrected chi connectivity index (χ1v) is 10.7. The fourth-order valence-electron chi connectivity index (χ4n) is 2.81. The monoisotopic (exact) mass is 442 g/mol. The van der Waals surface area contributed by atoms with Gasteiger partial charge in [0, 0.05) is 21.9 Å². The molecule has 0 bridgehead atoms. The second-order valence-electron chi connectivity index (χ2n) is 7.09. The molecule has 0 aliphatic heterocycles. The normalized spacial score (nSPS) is 11.8. The van der Waals surface area contributed by atoms with Crippen molar-refractivity contribution in [2.45, 2.75) is 44.4 Å². The molecule has 0 aliphatic carbocycles. The van der Waals surface area contributed by atoms with Gasteiger partial charge in [-0.25, -0.2) is 9.18 Å². The standard InChI is InChI=1S/C23H23FN2O4S/c1-13-9-10-17(11-20(13)24)25-22(27)16(4)29-23(28)18-7-5-6-8-21(18)31-12-19-14(2)26-30-15(19)3/h5-11,16H,12H2,1-4H3,(H,25,27). The number of benzene rings is 2. The Bertz CT molecular complexity index is 1090. The summed E-state index contributed by atoms with van der Waals surface area (Å²) in [6, 6.07) is 11.4. The van der Waals surface area contributed by atoms with Gasteiger partial charge in [-0.3, -0.25) is 4.79 Å². The molecule has 0 saturated heterocycles. The van der Waals surface area contributed by atoms with Gasteiger partial charge in [0.05, 0.1) is 11.3 Å². The maximum Gasteiger partial charge on any atom is 0.340 e. The Morgan fingerprint density at radius 3 is 2.61 bits per heavy atom. The minimum atomic E-state index is -1.06. The van der Waals surface area contributed by atoms with E-state index in [0.29, 0.717) is 22.6 Å². The zero-order chi connectivity index (χ0) is 22.5. The first-order valence-electron chi connectivity index (χ1n) is 9.68. The van der Waals surface area contributed by atoms with Gasteiger partial charge >= 0.3 is 5.97 Å². The zero-order valence-electron chi connectivity index (χ0n) is 17.7. The van der Waals surface area contributed by atoms with Gasteiger partial charge in [-0.2, -0.15) is 0 Å². The van der Waals surface area contributed by atoms with Crippen molar-refractivity contribution in [1.29, 1.82) is 0 Å². The van der Waals surface area contributed by atoms with E-state index < -0.39 is 23.8 Å². The van der Waals surface area contributed by atoms with Crippen molar-refractivity contribution in [3.8, 4) is 0 Å². The van der Waals surface area contributed by atoms with Crippen molar-refractivity contribution in [2.24, 2.45) is 0 Å². The molecule has 31 heavy (non-hydrogen) atoms. The lowest BCUT2D eigenvalue weighted by Crippen LogP contribution is -2.30. The minimum Gasteiger partial charge on any atom is -0.449 e. The molecule has 162 valence electrons. The van der Waals surface area contributed by atoms with Gasteiger partial charge in [0.2, 0.25) is 0 Å². The van der Waals surface area contributed by atoms with Crippen LogP contribution in [0.25, 0.3) is 0 Å². The number of carbonyl (C=O) groups is 2. The van der Waals surface area contributed by atoms with Gasteiger partial charge in [-0.15, -0.1) is 11.8 Å². The Kier molecular flexibility index (Phi) is 7.12. The topological polar surface area (TPSA) is 81.4 Å². The molecule has 6 nitrogen and oxygen atoms in total. The Labute approximate surface area is 184 Å². The number of hydrogen-bond donors (Lipinski definition) is 1. The molecular formula is C23H23FN2O4S. The van der Waals surface area contributed by atoms with E-state index in [-0.39, 0.29) is 0 Å². The number of nitrogens with zero attached hydrogens (tertiary/aromatic N) is 1. The number of nitrogens with one attached hydrogen (secondary N) is 1. The van der Waals surface area contributed by atoms with Gasteiger partial charge in [0.1, 0.15) is 11.6 Å². The van der Waals surface area contributed by atoms with Crippen molar-refractivity contribution in [1.82, 2.24) is 5.16 Å². The molecule has 0 radical (unpaired) electrons. The number of ether oxygens (including phenoxy) is 1. The van der Waals surface area contributed by atoms with E-state index in [1.165, 1.54) is 24.8 Å². The Morgan fingerprint density at radius 2 is 1.94 bits per heavy atom. The average molecular weight is 443 g/mol. The van der Waals surface area contributed by atoms with E-state index in [0.717, 1.165) is 21.9 Å². The fraction of sp³-hybridized carbons (Fsp3) is 0.261. The molecule has 8 heteroatoms. The third-order valence-corrected chi connectivity index (χ3v) is 5.85. The summed E-state index contributed by atoms with van der Waals surface area (Å²) in [5, 5.41) is 6.50. The van der Waals surface area contributed by atoms with Crippen LogP contribution in [0.1, 0.15) is 39.9 Å². The molecule has 3 aromatic rings. The second-order valence-corrected chi connectivity index (χ2v) is 8.11. The number of anilines is 1. The highest BCUT2D eigenvalue weighted by molar-refractivity contribution is 7.98. The van der Waals surface area contributed by atoms with Crippen molar-refractivity contribution in [3.05, 3.63) is 76.4 Å². The summed E-state index contributed by atoms with van der Waals surface area (Å²) in [6.07, 6.45) is -1.06. The van der Waals surface area contributed by atoms with E-state index in [1.54, 1.807) is 31.2 Å². The van der Waals surface area contributed by atoms with Gasteiger partial charge in [-0.1, -0.05) is 23.4 Å². The van der Waals surface area contributed by atoms with Crippen LogP contribution >= 0.6 is 11.8 Å². The van der Waals surface area contributed by atoms with Crippen LogP contribution in [0.5, 0.6) is 0 Å². The lowest BCUT2D eigenvalue weighted by molar-refractivity contribution is -0.123. The summed E-state index contributed by atoms with van der Waals surface area (Å²) < 4.78 is 24.2. The molecule has 3 rings (SSSR count). The fourth-order valence-corrected chi connectivity index (χ4v) is 4.00. The van der Waals surface area contributed by atoms with Crippen LogP contribution in [0.3, 0.4) is 0 Å². The molecular weight excluding hydrogens is 419 g/mol. The van der Waals surface area contributed by atoms with Crippen molar-refractivity contribution in [2.75, 3.05) is 5.32 Å². The van der Waals surface area contributed by atoms with E-state index in [1.807, 2.05) is 26.0 Å². The largest absolute Gasteiger partial charge is 0.449 e. The van der Waals surface area contributed by atoms with E-state index in [2.05, 4.69) is 10.5 Å². The third-order valence-electron chi connectivity index (χ3n) is 4.75. The smallest absolute Gasteiger partial charge is 0.340 e. The number of carbonyl (C=O) groups excluding carboxylic acids is 2. The van der Waals surface area contributed by atoms with Gasteiger partial charge in [-0.05, 0) is 57.5 Å². The van der Waals surface area contributed by atoms with Gasteiger partial charge in [0.25, 0.3) is 5.91 Å². The van der Waals surface area contributed by atoms with Gasteiger partial charge in [0.15, 0.2) is 6.10 Å². The summed E-state index contributed by atoms with van der Waals surface area (Å²) in [7, 11) is 0. The highest BCUT2D eigenvalue weighted by atomic mass is 32.2. The number of amides is 1. The number of aryl methyl sites for hydroxylation is 3. The quantitative estimate of drug-likeness (QED) is 0.399. The summed E-state index contributed by atoms with van der Waals surface area (Å²) in [5.74, 6) is -0.257. The number of halogens is 1. The Morgan fingerprint density at radius 1 is 1.19 bits per heavy atom. The number of rotatable bonds is 7. The molecule has 1 aromatic heterocycles. The predicted molar refractivity (Wildman–Crippen MR) is 117 cm³/mol. The average Bonchev–Trinajstić information content (AvgIpc) is 3.06. The molecule has 0 fully saturated rings. The lowest BCUT2D eigenvalue weighted by Gasteiger charge is -2.15. The SMILES string of the molecule is Cc1ccc(NC(=O)C(C)OC(=O)c2ccccc2SCc2c(C)noc2C)cc1F. The Hall–Kier alpha value is -3.13. The first kappa shape index (κ1) is 22.6. The molecule has 1 N–H and O–H groups in total. The number of thioether (sulfide) groups is 1. The second kappa shape index (κ2) is 9.78. The molecule has 1 amide bonds. The summed E-state index contributed by atoms with van der Waals surface area (Å²) in [4.78, 5) is 25.8. The van der Waals surface area contributed by atoms with Gasteiger partial charge < -0.3 is 14.6 Å². The molecule has 0 spiro atoms. The minimum absolute atomic E-state index is 0.298. The molecule has 2 aromatic carbocycles. The summed E-state index contributed by atoms with van der Waals surface area (Å²) >= 11 is 1.46. The zero-order valence-corrected chi connectivity index (χ0v) is 18.5. The number of hydrogen-bond acceptors (Lipinski definition) is 6. The molecule has 1 unspecified atom stereocenters. The van der Waals surface area contributed by atoms with Crippen LogP contribution in [0.4, 0.5) is 10.1 Å². The predicted octanol–water partition coefficient (Wildman–Crippen LogP) is 5.22. The molecule has 1 atom stereocenters. The van der Waals surface area contributed by atoms with Crippen molar-refractivity contribution in [3.63, 3.8) is 0 Å². The maximum atomic E-state index is 13.7. The van der Waals surface area contributed by atoms with Crippen LogP contribution in [0.2, 0.25) is 0 Å². The van der Waals surface area contributed by atoms with Crippen molar-refractivity contribution < 1.29 is 23.2 Å². The van der Waals surface area contributed by atoms with E-state index in [9.17, 15) is 14.0 Å². The molecule has 0 aliphatic rings. The maximum absolute atomic E-state index is 13.7. The molecule has 1 heterocycles.